The summed E-state index contributed by atoms with van der Waals surface area (Å²) < 4.78 is 5.22. The Labute approximate surface area is 106 Å². The van der Waals surface area contributed by atoms with Crippen LogP contribution in [0.2, 0.25) is 0 Å². The number of hydrogen-bond acceptors (Lipinski definition) is 5. The summed E-state index contributed by atoms with van der Waals surface area (Å²) in [5.41, 5.74) is 0.958. The highest BCUT2D eigenvalue weighted by Crippen LogP contribution is 2.24. The van der Waals surface area contributed by atoms with E-state index in [0.29, 0.717) is 22.1 Å². The summed E-state index contributed by atoms with van der Waals surface area (Å²) in [6.07, 6.45) is 4.69. The number of furan rings is 1. The molecule has 3 aromatic heterocycles. The van der Waals surface area contributed by atoms with Crippen LogP contribution in [0, 0.1) is 0 Å². The van der Waals surface area contributed by atoms with Gasteiger partial charge in [-0.15, -0.1) is 11.3 Å². The van der Waals surface area contributed by atoms with Crippen LogP contribution in [0.3, 0.4) is 0 Å². The predicted molar refractivity (Wildman–Crippen MR) is 66.4 cm³/mol. The van der Waals surface area contributed by atoms with Crippen molar-refractivity contribution in [2.24, 2.45) is 0 Å². The first kappa shape index (κ1) is 10.7. The first-order chi connectivity index (χ1) is 8.83. The lowest BCUT2D eigenvalue weighted by atomic mass is 10.4. The van der Waals surface area contributed by atoms with Crippen LogP contribution < -0.4 is 5.32 Å². The summed E-state index contributed by atoms with van der Waals surface area (Å²) in [5.74, 6) is 0.382. The quantitative estimate of drug-likeness (QED) is 0.757. The number of hydrogen-bond donors (Lipinski definition) is 2. The maximum absolute atomic E-state index is 11.9. The number of nitrogens with one attached hydrogen (secondary N) is 2. The fourth-order valence-corrected chi connectivity index (χ4v) is 2.17. The van der Waals surface area contributed by atoms with Crippen molar-refractivity contribution in [3.63, 3.8) is 0 Å². The van der Waals surface area contributed by atoms with Gasteiger partial charge in [0.1, 0.15) is 5.69 Å². The number of thiazole rings is 1. The molecule has 6 nitrogen and oxygen atoms in total. The fourth-order valence-electron chi connectivity index (χ4n) is 1.41. The Kier molecular flexibility index (Phi) is 2.66. The van der Waals surface area contributed by atoms with E-state index in [1.807, 2.05) is 0 Å². The maximum Gasteiger partial charge on any atom is 0.275 e. The van der Waals surface area contributed by atoms with E-state index in [4.69, 9.17) is 4.42 Å². The Balaban J connectivity index is 1.79. The number of carbonyl (C=O) groups is 1. The molecule has 3 rings (SSSR count). The van der Waals surface area contributed by atoms with E-state index in [0.717, 1.165) is 0 Å². The van der Waals surface area contributed by atoms with Crippen molar-refractivity contribution in [1.82, 2.24) is 15.2 Å². The molecule has 0 unspecified atom stereocenters. The zero-order chi connectivity index (χ0) is 12.4. The molecule has 0 saturated carbocycles. The molecule has 0 atom stereocenters. The Morgan fingerprint density at radius 1 is 1.50 bits per heavy atom. The minimum Gasteiger partial charge on any atom is -0.462 e. The van der Waals surface area contributed by atoms with Crippen molar-refractivity contribution >= 4 is 22.9 Å². The average Bonchev–Trinajstić information content (AvgIpc) is 3.11. The fraction of sp³-hybridized carbons (Fsp3) is 0. The first-order valence-electron chi connectivity index (χ1n) is 5.12. The molecule has 18 heavy (non-hydrogen) atoms. The van der Waals surface area contributed by atoms with Gasteiger partial charge in [0.25, 0.3) is 5.91 Å². The molecule has 3 heterocycles. The van der Waals surface area contributed by atoms with E-state index in [2.05, 4.69) is 20.5 Å². The zero-order valence-electron chi connectivity index (χ0n) is 9.08. The van der Waals surface area contributed by atoms with Crippen molar-refractivity contribution in [3.8, 4) is 10.8 Å². The second-order valence-corrected chi connectivity index (χ2v) is 4.31. The number of amides is 1. The van der Waals surface area contributed by atoms with Crippen LogP contribution in [0.25, 0.3) is 10.8 Å². The van der Waals surface area contributed by atoms with Crippen LogP contribution in [-0.2, 0) is 0 Å². The molecule has 2 N–H and O–H groups in total. The highest BCUT2D eigenvalue weighted by atomic mass is 32.1. The van der Waals surface area contributed by atoms with Crippen molar-refractivity contribution in [2.45, 2.75) is 0 Å². The Bertz CT molecular complexity index is 642. The molecule has 7 heteroatoms. The van der Waals surface area contributed by atoms with Gasteiger partial charge in [-0.05, 0) is 12.1 Å². The summed E-state index contributed by atoms with van der Waals surface area (Å²) in [5, 5.41) is 11.4. The van der Waals surface area contributed by atoms with Gasteiger partial charge in [0.05, 0.1) is 18.1 Å². The van der Waals surface area contributed by atoms with E-state index in [-0.39, 0.29) is 5.91 Å². The topological polar surface area (TPSA) is 83.8 Å². The minimum absolute atomic E-state index is 0.273. The number of aromatic amines is 1. The molecule has 0 aliphatic carbocycles. The van der Waals surface area contributed by atoms with Crippen LogP contribution in [0.15, 0.2) is 40.6 Å². The van der Waals surface area contributed by atoms with Crippen LogP contribution in [-0.4, -0.2) is 21.1 Å². The zero-order valence-corrected chi connectivity index (χ0v) is 9.90. The Morgan fingerprint density at radius 3 is 3.17 bits per heavy atom. The summed E-state index contributed by atoms with van der Waals surface area (Å²) in [6, 6.07) is 3.58. The number of carbonyl (C=O) groups excluding carboxylic acids is 1. The van der Waals surface area contributed by atoms with Gasteiger partial charge in [-0.25, -0.2) is 4.98 Å². The molecule has 0 aliphatic heterocycles. The minimum atomic E-state index is -0.273. The number of nitrogens with zero attached hydrogens (tertiary/aromatic N) is 2. The Morgan fingerprint density at radius 2 is 2.44 bits per heavy atom. The van der Waals surface area contributed by atoms with Crippen molar-refractivity contribution in [1.29, 1.82) is 0 Å². The predicted octanol–water partition coefficient (Wildman–Crippen LogP) is 2.38. The number of anilines is 1. The molecule has 0 aliphatic rings. The molecule has 0 fully saturated rings. The van der Waals surface area contributed by atoms with Gasteiger partial charge in [0, 0.05) is 11.6 Å². The summed E-state index contributed by atoms with van der Waals surface area (Å²) >= 11 is 1.36. The monoisotopic (exact) mass is 260 g/mol. The second-order valence-electron chi connectivity index (χ2n) is 3.46. The van der Waals surface area contributed by atoms with E-state index >= 15 is 0 Å². The SMILES string of the molecule is O=C(Nc1cn[nH]c1)c1csc(-c2ccco2)n1. The molecular weight excluding hydrogens is 252 g/mol. The standard InChI is InChI=1S/C11H8N4O2S/c16-10(14-7-4-12-13-5-7)8-6-18-11(15-8)9-2-1-3-17-9/h1-6H,(H,12,13)(H,14,16). The number of rotatable bonds is 3. The lowest BCUT2D eigenvalue weighted by Gasteiger charge is -1.97. The molecule has 0 radical (unpaired) electrons. The van der Waals surface area contributed by atoms with Crippen molar-refractivity contribution in [3.05, 3.63) is 41.9 Å². The molecular formula is C11H8N4O2S. The summed E-state index contributed by atoms with van der Waals surface area (Å²) in [4.78, 5) is 16.1. The first-order valence-corrected chi connectivity index (χ1v) is 6.00. The van der Waals surface area contributed by atoms with Gasteiger partial charge in [0.15, 0.2) is 10.8 Å². The van der Waals surface area contributed by atoms with Crippen LogP contribution in [0.4, 0.5) is 5.69 Å². The van der Waals surface area contributed by atoms with E-state index in [1.165, 1.54) is 17.5 Å². The van der Waals surface area contributed by atoms with E-state index in [9.17, 15) is 4.79 Å². The molecule has 0 saturated heterocycles. The largest absolute Gasteiger partial charge is 0.462 e. The summed E-state index contributed by atoms with van der Waals surface area (Å²) in [6.45, 7) is 0. The lowest BCUT2D eigenvalue weighted by molar-refractivity contribution is 0.102. The third-order valence-electron chi connectivity index (χ3n) is 2.22. The van der Waals surface area contributed by atoms with Gasteiger partial charge in [-0.2, -0.15) is 5.10 Å². The van der Waals surface area contributed by atoms with E-state index < -0.39 is 0 Å². The van der Waals surface area contributed by atoms with Gasteiger partial charge < -0.3 is 9.73 Å². The van der Waals surface area contributed by atoms with Crippen LogP contribution >= 0.6 is 11.3 Å². The number of aromatic nitrogens is 3. The van der Waals surface area contributed by atoms with E-state index in [1.54, 1.807) is 30.0 Å². The lowest BCUT2D eigenvalue weighted by Crippen LogP contribution is -2.11. The van der Waals surface area contributed by atoms with Gasteiger partial charge in [-0.3, -0.25) is 9.89 Å². The molecule has 1 amide bonds. The molecule has 0 aromatic carbocycles. The van der Waals surface area contributed by atoms with Gasteiger partial charge in [0.2, 0.25) is 0 Å². The van der Waals surface area contributed by atoms with Gasteiger partial charge in [-0.1, -0.05) is 0 Å². The smallest absolute Gasteiger partial charge is 0.275 e. The normalized spacial score (nSPS) is 10.4. The Hall–Kier alpha value is -2.41. The molecule has 90 valence electrons. The van der Waals surface area contributed by atoms with Crippen molar-refractivity contribution in [2.75, 3.05) is 5.32 Å². The van der Waals surface area contributed by atoms with Crippen LogP contribution in [0.1, 0.15) is 10.5 Å². The molecule has 0 bridgehead atoms. The van der Waals surface area contributed by atoms with Crippen LogP contribution in [0.5, 0.6) is 0 Å². The van der Waals surface area contributed by atoms with Crippen molar-refractivity contribution < 1.29 is 9.21 Å². The maximum atomic E-state index is 11.9. The highest BCUT2D eigenvalue weighted by Gasteiger charge is 2.13. The molecule has 0 spiro atoms. The number of H-pyrrole nitrogens is 1. The third-order valence-corrected chi connectivity index (χ3v) is 3.08. The third kappa shape index (κ3) is 2.03. The molecule has 3 aromatic rings. The summed E-state index contributed by atoms with van der Waals surface area (Å²) in [7, 11) is 0. The highest BCUT2D eigenvalue weighted by molar-refractivity contribution is 7.13. The average molecular weight is 260 g/mol. The van der Waals surface area contributed by atoms with Gasteiger partial charge >= 0.3 is 0 Å². The second kappa shape index (κ2) is 4.46.